The van der Waals surface area contributed by atoms with E-state index in [-0.39, 0.29) is 31.6 Å². The minimum Gasteiger partial charge on any atom is -0.465 e. The number of unbranched alkanes of at least 4 members (excludes halogenated alkanes) is 2. The Morgan fingerprint density at radius 3 is 2.59 bits per heavy atom. The Morgan fingerprint density at radius 1 is 1.26 bits per heavy atom. The molecular formula is C31H42N2O6. The Hall–Kier alpha value is -2.97. The Labute approximate surface area is 231 Å². The molecule has 0 saturated carbocycles. The zero-order chi connectivity index (χ0) is 28.3. The van der Waals surface area contributed by atoms with Gasteiger partial charge >= 0.3 is 5.97 Å². The molecule has 39 heavy (non-hydrogen) atoms. The number of esters is 1. The summed E-state index contributed by atoms with van der Waals surface area (Å²) in [6, 6.07) is 4.30. The van der Waals surface area contributed by atoms with E-state index in [0.717, 1.165) is 29.7 Å². The summed E-state index contributed by atoms with van der Waals surface area (Å²) in [6.45, 7) is 13.6. The zero-order valence-electron chi connectivity index (χ0n) is 23.4. The summed E-state index contributed by atoms with van der Waals surface area (Å²) in [7, 11) is 0. The Morgan fingerprint density at radius 2 is 1.97 bits per heavy atom. The highest BCUT2D eigenvalue weighted by Crippen LogP contribution is 2.59. The third-order valence-corrected chi connectivity index (χ3v) is 8.65. The van der Waals surface area contributed by atoms with E-state index in [9.17, 15) is 19.5 Å². The number of amides is 2. The molecule has 1 aromatic carbocycles. The number of carbonyl (C=O) groups is 3. The molecule has 3 saturated heterocycles. The number of carbonyl (C=O) groups excluding carboxylic acids is 3. The van der Waals surface area contributed by atoms with Crippen molar-refractivity contribution in [2.45, 2.75) is 83.1 Å². The molecule has 4 rings (SSSR count). The van der Waals surface area contributed by atoms with Crippen LogP contribution in [0.25, 0.3) is 0 Å². The molecule has 1 N–H and O–H groups in total. The molecule has 2 amide bonds. The summed E-state index contributed by atoms with van der Waals surface area (Å²) in [6.07, 6.45) is 6.96. The Kier molecular flexibility index (Phi) is 8.96. The van der Waals surface area contributed by atoms with Crippen molar-refractivity contribution in [2.24, 2.45) is 11.8 Å². The van der Waals surface area contributed by atoms with E-state index in [2.05, 4.69) is 13.2 Å². The molecule has 2 unspecified atom stereocenters. The Bertz CT molecular complexity index is 1090. The van der Waals surface area contributed by atoms with Crippen molar-refractivity contribution in [3.8, 4) is 0 Å². The first-order chi connectivity index (χ1) is 18.8. The van der Waals surface area contributed by atoms with Gasteiger partial charge < -0.3 is 24.4 Å². The van der Waals surface area contributed by atoms with E-state index in [1.54, 1.807) is 11.0 Å². The van der Waals surface area contributed by atoms with Gasteiger partial charge in [-0.1, -0.05) is 37.3 Å². The van der Waals surface area contributed by atoms with Crippen molar-refractivity contribution >= 4 is 23.5 Å². The van der Waals surface area contributed by atoms with Gasteiger partial charge in [-0.25, -0.2) is 0 Å². The second-order valence-electron chi connectivity index (χ2n) is 11.0. The number of ether oxygens (including phenoxy) is 2. The first kappa shape index (κ1) is 29.0. The largest absolute Gasteiger partial charge is 0.465 e. The number of allylic oxidation sites excluding steroid dienone is 1. The van der Waals surface area contributed by atoms with Crippen molar-refractivity contribution in [3.05, 3.63) is 54.6 Å². The number of hydrogen-bond acceptors (Lipinski definition) is 6. The van der Waals surface area contributed by atoms with Gasteiger partial charge in [-0.2, -0.15) is 0 Å². The fourth-order valence-electron chi connectivity index (χ4n) is 6.90. The minimum atomic E-state index is -1.15. The van der Waals surface area contributed by atoms with Crippen LogP contribution < -0.4 is 4.90 Å². The molecule has 212 valence electrons. The number of para-hydroxylation sites is 1. The molecule has 8 heteroatoms. The molecule has 0 aliphatic carbocycles. The van der Waals surface area contributed by atoms with Crippen LogP contribution in [0, 0.1) is 25.7 Å². The molecule has 0 radical (unpaired) electrons. The van der Waals surface area contributed by atoms with Crippen molar-refractivity contribution in [1.82, 2.24) is 4.90 Å². The van der Waals surface area contributed by atoms with Gasteiger partial charge in [-0.05, 0) is 63.5 Å². The summed E-state index contributed by atoms with van der Waals surface area (Å²) < 4.78 is 12.2. The number of aliphatic hydroxyl groups is 1. The van der Waals surface area contributed by atoms with Crippen LogP contribution in [0.2, 0.25) is 0 Å². The van der Waals surface area contributed by atoms with Crippen molar-refractivity contribution < 1.29 is 29.0 Å². The third-order valence-electron chi connectivity index (χ3n) is 8.65. The van der Waals surface area contributed by atoms with E-state index in [1.807, 2.05) is 45.0 Å². The van der Waals surface area contributed by atoms with E-state index in [1.165, 1.54) is 4.90 Å². The molecule has 8 nitrogen and oxygen atoms in total. The van der Waals surface area contributed by atoms with Crippen LogP contribution in [0.5, 0.6) is 0 Å². The number of aryl methyl sites for hydroxylation is 2. The predicted molar refractivity (Wildman–Crippen MR) is 149 cm³/mol. The summed E-state index contributed by atoms with van der Waals surface area (Å²) in [5, 5.41) is 10.3. The highest BCUT2D eigenvalue weighted by molar-refractivity contribution is 6.05. The highest BCUT2D eigenvalue weighted by Gasteiger charge is 2.75. The lowest BCUT2D eigenvalue weighted by Crippen LogP contribution is -2.59. The van der Waals surface area contributed by atoms with Crippen molar-refractivity contribution in [3.63, 3.8) is 0 Å². The lowest BCUT2D eigenvalue weighted by Gasteiger charge is -2.39. The summed E-state index contributed by atoms with van der Waals surface area (Å²) in [5.41, 5.74) is 1.48. The van der Waals surface area contributed by atoms with Gasteiger partial charge in [0.1, 0.15) is 11.6 Å². The number of anilines is 1. The number of likely N-dealkylation sites (tertiary alicyclic amines) is 1. The fraction of sp³-hybridized carbons (Fsp3) is 0.581. The van der Waals surface area contributed by atoms with Crippen LogP contribution in [0.3, 0.4) is 0 Å². The molecule has 3 heterocycles. The van der Waals surface area contributed by atoms with Crippen LogP contribution in [0.15, 0.2) is 43.5 Å². The number of fused-ring (bicyclic) bond motifs is 1. The third kappa shape index (κ3) is 4.93. The summed E-state index contributed by atoms with van der Waals surface area (Å²) in [4.78, 5) is 45.3. The van der Waals surface area contributed by atoms with Crippen LogP contribution >= 0.6 is 0 Å². The topological polar surface area (TPSA) is 96.4 Å². The van der Waals surface area contributed by atoms with Gasteiger partial charge in [-0.15, -0.1) is 13.2 Å². The average molecular weight is 539 g/mol. The van der Waals surface area contributed by atoms with Crippen molar-refractivity contribution in [1.29, 1.82) is 0 Å². The number of nitrogens with zero attached hydrogens (tertiary/aromatic N) is 2. The van der Waals surface area contributed by atoms with Gasteiger partial charge in [0.15, 0.2) is 0 Å². The smallest absolute Gasteiger partial charge is 0.312 e. The first-order valence-electron chi connectivity index (χ1n) is 14.1. The number of hydrogen-bond donors (Lipinski definition) is 1. The first-order valence-corrected chi connectivity index (χ1v) is 14.1. The second kappa shape index (κ2) is 12.0. The lowest BCUT2D eigenvalue weighted by atomic mass is 9.70. The number of rotatable bonds is 13. The number of benzene rings is 1. The predicted octanol–water partition coefficient (Wildman–Crippen LogP) is 3.87. The normalized spacial score (nSPS) is 27.8. The molecule has 1 spiro atoms. The van der Waals surface area contributed by atoms with Crippen LogP contribution in [-0.2, 0) is 23.9 Å². The maximum atomic E-state index is 14.6. The maximum Gasteiger partial charge on any atom is 0.312 e. The average Bonchev–Trinajstić information content (AvgIpc) is 3.56. The highest BCUT2D eigenvalue weighted by atomic mass is 16.6. The molecule has 3 aliphatic heterocycles. The van der Waals surface area contributed by atoms with Gasteiger partial charge in [0.25, 0.3) is 5.91 Å². The van der Waals surface area contributed by atoms with E-state index in [4.69, 9.17) is 9.47 Å². The minimum absolute atomic E-state index is 0.249. The van der Waals surface area contributed by atoms with Crippen LogP contribution in [-0.4, -0.2) is 71.3 Å². The molecular weight excluding hydrogens is 496 g/mol. The lowest BCUT2D eigenvalue weighted by molar-refractivity contribution is -0.156. The van der Waals surface area contributed by atoms with Gasteiger partial charge in [0.05, 0.1) is 37.2 Å². The van der Waals surface area contributed by atoms with Gasteiger partial charge in [-0.3, -0.25) is 14.4 Å². The molecule has 3 fully saturated rings. The molecule has 0 aromatic heterocycles. The fourth-order valence-corrected chi connectivity index (χ4v) is 6.90. The molecule has 1 aromatic rings. The number of aliphatic hydroxyl groups excluding tert-OH is 1. The maximum absolute atomic E-state index is 14.6. The standard InChI is InChI=1S/C31H42N2O6/c1-6-9-10-11-18-38-30(37)24-23-15-16-31(39-23)25(24)28(35)33(22(8-3)19-34)27(31)29(36)32(17-7-2)26-20(4)13-12-14-21(26)5/h6-7,12-14,22-25,27,34H,1-2,8-11,15-19H2,3-5H3/t22-,23+,24-,25-,27?,31?/m0/s1. The SMILES string of the molecule is C=CCCCCOC(=O)[C@@H]1[C@H]2C(=O)N([C@@H](CC)CO)C(C(=O)N(CC=C)c3c(C)cccc3C)C23CC[C@H]1O3. The molecule has 3 aliphatic rings. The van der Waals surface area contributed by atoms with Gasteiger partial charge in [0, 0.05) is 12.2 Å². The van der Waals surface area contributed by atoms with Crippen LogP contribution in [0.1, 0.15) is 56.6 Å². The summed E-state index contributed by atoms with van der Waals surface area (Å²) in [5.74, 6) is -2.63. The Balaban J connectivity index is 1.73. The summed E-state index contributed by atoms with van der Waals surface area (Å²) >= 11 is 0. The molecule has 2 bridgehead atoms. The second-order valence-corrected chi connectivity index (χ2v) is 11.0. The van der Waals surface area contributed by atoms with Crippen LogP contribution in [0.4, 0.5) is 5.69 Å². The molecule has 6 atom stereocenters. The van der Waals surface area contributed by atoms with Gasteiger partial charge in [0.2, 0.25) is 5.91 Å². The van der Waals surface area contributed by atoms with Crippen molar-refractivity contribution in [2.75, 3.05) is 24.7 Å². The quantitative estimate of drug-likeness (QED) is 0.233. The van der Waals surface area contributed by atoms with E-state index >= 15 is 0 Å². The van der Waals surface area contributed by atoms with E-state index < -0.39 is 41.6 Å². The monoisotopic (exact) mass is 538 g/mol. The van der Waals surface area contributed by atoms with E-state index in [0.29, 0.717) is 25.7 Å². The zero-order valence-corrected chi connectivity index (χ0v) is 23.4.